The fourth-order valence-electron chi connectivity index (χ4n) is 3.73. The lowest BCUT2D eigenvalue weighted by molar-refractivity contribution is 0.294. The number of primary sulfonamides is 1. The lowest BCUT2D eigenvalue weighted by Gasteiger charge is -2.10. The molecular formula is C27H24N4O6S2. The van der Waals surface area contributed by atoms with Crippen LogP contribution in [-0.4, -0.2) is 36.7 Å². The molecule has 2 N–H and O–H groups in total. The number of furan rings is 1. The van der Waals surface area contributed by atoms with Gasteiger partial charge < -0.3 is 13.9 Å². The molecule has 200 valence electrons. The quantitative estimate of drug-likeness (QED) is 0.287. The number of benzene rings is 2. The first-order valence-electron chi connectivity index (χ1n) is 11.9. The van der Waals surface area contributed by atoms with Gasteiger partial charge in [-0.2, -0.15) is 9.50 Å². The zero-order valence-electron chi connectivity index (χ0n) is 21.0. The van der Waals surface area contributed by atoms with E-state index < -0.39 is 10.0 Å². The van der Waals surface area contributed by atoms with Crippen molar-refractivity contribution < 1.29 is 22.3 Å². The van der Waals surface area contributed by atoms with Crippen molar-refractivity contribution in [2.45, 2.75) is 18.2 Å². The first-order chi connectivity index (χ1) is 18.7. The summed E-state index contributed by atoms with van der Waals surface area (Å²) in [5.41, 5.74) is 1.24. The summed E-state index contributed by atoms with van der Waals surface area (Å²) in [6, 6.07) is 15.1. The minimum Gasteiger partial charge on any atom is -0.493 e. The number of methoxy groups -OCH3 is 1. The van der Waals surface area contributed by atoms with E-state index in [4.69, 9.17) is 19.0 Å². The van der Waals surface area contributed by atoms with Crippen LogP contribution < -0.4 is 24.7 Å². The maximum atomic E-state index is 12.9. The highest BCUT2D eigenvalue weighted by molar-refractivity contribution is 7.89. The summed E-state index contributed by atoms with van der Waals surface area (Å²) in [6.07, 6.45) is 6.08. The Hall–Kier alpha value is -4.26. The summed E-state index contributed by atoms with van der Waals surface area (Å²) in [4.78, 5) is 17.8. The highest BCUT2D eigenvalue weighted by Crippen LogP contribution is 2.29. The third kappa shape index (κ3) is 5.77. The second-order valence-corrected chi connectivity index (χ2v) is 11.0. The number of sulfonamides is 1. The molecule has 0 spiro atoms. The number of rotatable bonds is 9. The molecule has 0 bridgehead atoms. The largest absolute Gasteiger partial charge is 0.493 e. The van der Waals surface area contributed by atoms with Crippen molar-refractivity contribution in [2.75, 3.05) is 13.7 Å². The molecule has 12 heteroatoms. The minimum absolute atomic E-state index is 0.0128. The number of fused-ring (bicyclic) bond motifs is 1. The molecule has 0 aliphatic carbocycles. The van der Waals surface area contributed by atoms with Gasteiger partial charge in [-0.15, -0.1) is 5.10 Å². The number of aromatic nitrogens is 3. The van der Waals surface area contributed by atoms with Crippen LogP contribution in [-0.2, 0) is 10.0 Å². The Bertz CT molecular complexity index is 1890. The van der Waals surface area contributed by atoms with Gasteiger partial charge in [0.15, 0.2) is 17.3 Å². The van der Waals surface area contributed by atoms with Crippen molar-refractivity contribution >= 4 is 44.5 Å². The van der Waals surface area contributed by atoms with E-state index in [9.17, 15) is 13.2 Å². The van der Waals surface area contributed by atoms with E-state index in [1.807, 2.05) is 31.2 Å². The van der Waals surface area contributed by atoms with E-state index in [-0.39, 0.29) is 10.5 Å². The van der Waals surface area contributed by atoms with E-state index in [2.05, 4.69) is 10.1 Å². The van der Waals surface area contributed by atoms with Crippen molar-refractivity contribution in [1.82, 2.24) is 14.6 Å². The number of hydrogen-bond acceptors (Lipinski definition) is 9. The van der Waals surface area contributed by atoms with Crippen molar-refractivity contribution in [1.29, 1.82) is 0 Å². The number of hydrogen-bond donors (Lipinski definition) is 1. The standard InChI is InChI=1S/C27H24N4O6S2/c1-3-14-36-22-11-4-17(15-23(22)35-2)5-13-25-29-27-31(30-25)26(32)24(38-27)16-19-8-12-21(37-19)18-6-9-20(10-7-18)39(28,33)34/h4-13,15-16H,3,14H2,1-2H3,(H2,28,33,34)/b13-5+,24-16-. The Morgan fingerprint density at radius 2 is 1.87 bits per heavy atom. The maximum Gasteiger partial charge on any atom is 0.291 e. The molecule has 0 amide bonds. The number of ether oxygens (including phenoxy) is 2. The number of thiazole rings is 1. The second-order valence-electron chi connectivity index (χ2n) is 8.44. The lowest BCUT2D eigenvalue weighted by atomic mass is 10.2. The Morgan fingerprint density at radius 1 is 1.08 bits per heavy atom. The SMILES string of the molecule is CCCOc1ccc(/C=C/c2nc3s/c(=C\c4ccc(-c5ccc(S(N)(=O)=O)cc5)o4)c(=O)n3n2)cc1OC. The molecule has 10 nitrogen and oxygen atoms in total. The average Bonchev–Trinajstić information content (AvgIpc) is 3.63. The lowest BCUT2D eigenvalue weighted by Crippen LogP contribution is -2.23. The van der Waals surface area contributed by atoms with Gasteiger partial charge in [0.2, 0.25) is 15.0 Å². The molecule has 0 saturated carbocycles. The Balaban J connectivity index is 1.35. The molecule has 3 aromatic heterocycles. The Morgan fingerprint density at radius 3 is 2.56 bits per heavy atom. The van der Waals surface area contributed by atoms with Crippen LogP contribution in [0.2, 0.25) is 0 Å². The maximum absolute atomic E-state index is 12.9. The minimum atomic E-state index is -3.78. The monoisotopic (exact) mass is 564 g/mol. The molecule has 0 unspecified atom stereocenters. The fourth-order valence-corrected chi connectivity index (χ4v) is 5.14. The van der Waals surface area contributed by atoms with Crippen LogP contribution in [0.3, 0.4) is 0 Å². The van der Waals surface area contributed by atoms with Crippen molar-refractivity contribution in [3.8, 4) is 22.8 Å². The molecule has 5 rings (SSSR count). The van der Waals surface area contributed by atoms with E-state index in [1.54, 1.807) is 43.5 Å². The average molecular weight is 565 g/mol. The Labute approximate surface area is 227 Å². The molecule has 3 heterocycles. The van der Waals surface area contributed by atoms with Gasteiger partial charge in [0, 0.05) is 11.6 Å². The van der Waals surface area contributed by atoms with E-state index >= 15 is 0 Å². The highest BCUT2D eigenvalue weighted by Gasteiger charge is 2.12. The normalized spacial score (nSPS) is 12.5. The van der Waals surface area contributed by atoms with Crippen LogP contribution in [0, 0.1) is 0 Å². The number of nitrogens with two attached hydrogens (primary N) is 1. The van der Waals surface area contributed by atoms with Crippen LogP contribution in [0.25, 0.3) is 34.5 Å². The molecule has 0 saturated heterocycles. The highest BCUT2D eigenvalue weighted by atomic mass is 32.2. The van der Waals surface area contributed by atoms with Crippen molar-refractivity contribution in [3.63, 3.8) is 0 Å². The van der Waals surface area contributed by atoms with E-state index in [1.165, 1.54) is 28.0 Å². The molecule has 2 aromatic carbocycles. The molecule has 0 aliphatic rings. The summed E-state index contributed by atoms with van der Waals surface area (Å²) >= 11 is 1.20. The van der Waals surface area contributed by atoms with Gasteiger partial charge in [0.1, 0.15) is 16.1 Å². The smallest absolute Gasteiger partial charge is 0.291 e. The van der Waals surface area contributed by atoms with E-state index in [0.29, 0.717) is 50.5 Å². The summed E-state index contributed by atoms with van der Waals surface area (Å²) < 4.78 is 41.5. The molecule has 0 aliphatic heterocycles. The van der Waals surface area contributed by atoms with Gasteiger partial charge in [-0.1, -0.05) is 30.4 Å². The first-order valence-corrected chi connectivity index (χ1v) is 14.2. The molecule has 0 radical (unpaired) electrons. The topological polar surface area (TPSA) is 139 Å². The van der Waals surface area contributed by atoms with E-state index in [0.717, 1.165) is 12.0 Å². The predicted octanol–water partition coefficient (Wildman–Crippen LogP) is 3.57. The Kier molecular flexibility index (Phi) is 7.33. The molecular weight excluding hydrogens is 540 g/mol. The first kappa shape index (κ1) is 26.4. The molecule has 5 aromatic rings. The summed E-state index contributed by atoms with van der Waals surface area (Å²) in [5.74, 6) is 2.69. The van der Waals surface area contributed by atoms with Gasteiger partial charge >= 0.3 is 0 Å². The van der Waals surface area contributed by atoms with Crippen molar-refractivity contribution in [2.24, 2.45) is 5.14 Å². The third-order valence-corrected chi connectivity index (χ3v) is 7.53. The van der Waals surface area contributed by atoms with Gasteiger partial charge in [0.05, 0.1) is 18.6 Å². The predicted molar refractivity (Wildman–Crippen MR) is 149 cm³/mol. The molecule has 0 fully saturated rings. The van der Waals surface area contributed by atoms with Crippen LogP contribution in [0.1, 0.15) is 30.5 Å². The van der Waals surface area contributed by atoms with Gasteiger partial charge in [0.25, 0.3) is 5.56 Å². The van der Waals surface area contributed by atoms with Gasteiger partial charge in [-0.05, 0) is 66.6 Å². The summed E-state index contributed by atoms with van der Waals surface area (Å²) in [6.45, 7) is 2.65. The summed E-state index contributed by atoms with van der Waals surface area (Å²) in [5, 5.41) is 9.47. The zero-order valence-corrected chi connectivity index (χ0v) is 22.7. The zero-order chi connectivity index (χ0) is 27.6. The van der Waals surface area contributed by atoms with Gasteiger partial charge in [-0.3, -0.25) is 4.79 Å². The van der Waals surface area contributed by atoms with Crippen LogP contribution in [0.15, 0.2) is 68.7 Å². The second kappa shape index (κ2) is 10.8. The van der Waals surface area contributed by atoms with Crippen LogP contribution in [0.4, 0.5) is 0 Å². The van der Waals surface area contributed by atoms with Crippen LogP contribution in [0.5, 0.6) is 11.5 Å². The molecule has 0 atom stereocenters. The summed E-state index contributed by atoms with van der Waals surface area (Å²) in [7, 11) is -2.18. The third-order valence-electron chi connectivity index (χ3n) is 5.64. The van der Waals surface area contributed by atoms with Crippen molar-refractivity contribution in [3.05, 3.63) is 86.6 Å². The van der Waals surface area contributed by atoms with Gasteiger partial charge in [-0.25, -0.2) is 13.6 Å². The number of nitrogens with zero attached hydrogens (tertiary/aromatic N) is 3. The molecule has 39 heavy (non-hydrogen) atoms. The fraction of sp³-hybridized carbons (Fsp3) is 0.148. The van der Waals surface area contributed by atoms with Crippen LogP contribution >= 0.6 is 11.3 Å².